The number of nitrogens with zero attached hydrogens (tertiary/aromatic N) is 2. The van der Waals surface area contributed by atoms with Gasteiger partial charge in [0.1, 0.15) is 11.9 Å². The van der Waals surface area contributed by atoms with Crippen molar-refractivity contribution in [3.8, 4) is 11.5 Å². The molecule has 2 saturated carbocycles. The van der Waals surface area contributed by atoms with Crippen molar-refractivity contribution < 1.29 is 23.9 Å². The molecule has 3 fully saturated rings. The van der Waals surface area contributed by atoms with E-state index in [2.05, 4.69) is 29.7 Å². The molecule has 1 amide bonds. The van der Waals surface area contributed by atoms with E-state index in [0.717, 1.165) is 63.3 Å². The second kappa shape index (κ2) is 12.5. The highest BCUT2D eigenvalue weighted by Gasteiger charge is 2.66. The normalized spacial score (nSPS) is 29.6. The van der Waals surface area contributed by atoms with E-state index in [1.54, 1.807) is 6.92 Å². The minimum atomic E-state index is -0.352. The summed E-state index contributed by atoms with van der Waals surface area (Å²) in [6.07, 6.45) is 14.3. The number of Topliss-reactive ketones (excluding diaryl/α,β-unsaturated/α-hetero) is 1. The zero-order valence-electron chi connectivity index (χ0n) is 26.9. The van der Waals surface area contributed by atoms with Crippen LogP contribution in [0.1, 0.15) is 116 Å². The number of piperidine rings is 1. The topological polar surface area (TPSA) is 76.2 Å². The second-order valence-corrected chi connectivity index (χ2v) is 14.7. The van der Waals surface area contributed by atoms with Crippen molar-refractivity contribution in [2.75, 3.05) is 19.6 Å². The highest BCUT2D eigenvalue weighted by atomic mass is 16.6. The van der Waals surface area contributed by atoms with Gasteiger partial charge in [0.15, 0.2) is 11.5 Å². The van der Waals surface area contributed by atoms with Crippen LogP contribution in [-0.2, 0) is 26.2 Å². The van der Waals surface area contributed by atoms with Gasteiger partial charge in [-0.25, -0.2) is 0 Å². The van der Waals surface area contributed by atoms with Crippen molar-refractivity contribution in [1.82, 2.24) is 9.80 Å². The van der Waals surface area contributed by atoms with Crippen LogP contribution in [0.25, 0.3) is 0 Å². The molecule has 0 radical (unpaired) electrons. The summed E-state index contributed by atoms with van der Waals surface area (Å²) in [5, 5.41) is 0. The summed E-state index contributed by atoms with van der Waals surface area (Å²) in [6.45, 7) is 9.57. The van der Waals surface area contributed by atoms with Gasteiger partial charge in [0.2, 0.25) is 5.91 Å². The highest BCUT2D eigenvalue weighted by molar-refractivity contribution is 5.78. The average Bonchev–Trinajstić information content (AvgIpc) is 3.32. The van der Waals surface area contributed by atoms with E-state index in [1.807, 2.05) is 6.07 Å². The van der Waals surface area contributed by atoms with Crippen LogP contribution in [0.4, 0.5) is 0 Å². The lowest BCUT2D eigenvalue weighted by molar-refractivity contribution is -0.144. The van der Waals surface area contributed by atoms with E-state index in [0.29, 0.717) is 30.6 Å². The molecule has 0 aromatic heterocycles. The van der Waals surface area contributed by atoms with Crippen LogP contribution in [0.5, 0.6) is 11.5 Å². The van der Waals surface area contributed by atoms with Crippen molar-refractivity contribution in [3.05, 3.63) is 23.3 Å². The zero-order chi connectivity index (χ0) is 30.3. The van der Waals surface area contributed by atoms with Gasteiger partial charge in [0.25, 0.3) is 0 Å². The molecule has 236 valence electrons. The lowest BCUT2D eigenvalue weighted by Gasteiger charge is -2.60. The molecule has 6 rings (SSSR count). The summed E-state index contributed by atoms with van der Waals surface area (Å²) in [4.78, 5) is 43.0. The van der Waals surface area contributed by atoms with Crippen molar-refractivity contribution in [2.24, 2.45) is 17.8 Å². The number of hydrogen-bond donors (Lipinski definition) is 0. The van der Waals surface area contributed by atoms with Crippen LogP contribution in [0, 0.1) is 17.8 Å². The average molecular weight is 593 g/mol. The Morgan fingerprint density at radius 1 is 1.07 bits per heavy atom. The Balaban J connectivity index is 1.29. The molecule has 7 nitrogen and oxygen atoms in total. The standard InChI is InChI=1S/C36H52N2O5/c1-23(2)21-38(32(41)13-9-8-12-26-10-6-5-7-11-26)29-16-15-28-30-20-27-14-17-31(42-25(4)40)34-33(27)36(28,35(29)43-34)18-19-37(30)22-24(3)39/h14,17,23,26,28-30,35H,5-13,15-16,18-22H2,1-4H3/t28-,29+,30+,35-,36-/m0/s1. The predicted octanol–water partition coefficient (Wildman–Crippen LogP) is 6.23. The third-order valence-electron chi connectivity index (χ3n) is 11.3. The number of carbonyl (C=O) groups excluding carboxylic acids is 3. The van der Waals surface area contributed by atoms with Crippen LogP contribution >= 0.6 is 0 Å². The number of esters is 1. The van der Waals surface area contributed by atoms with Crippen molar-refractivity contribution >= 4 is 17.7 Å². The third kappa shape index (κ3) is 5.76. The van der Waals surface area contributed by atoms with Gasteiger partial charge in [0.05, 0.1) is 12.6 Å². The fourth-order valence-electron chi connectivity index (χ4n) is 9.77. The number of unbranched alkanes of at least 4 members (excludes halogenated alkanes) is 1. The number of hydrogen-bond acceptors (Lipinski definition) is 6. The van der Waals surface area contributed by atoms with Gasteiger partial charge in [-0.2, -0.15) is 0 Å². The molecule has 1 aromatic carbocycles. The van der Waals surface area contributed by atoms with Crippen LogP contribution in [0.3, 0.4) is 0 Å². The van der Waals surface area contributed by atoms with E-state index in [1.165, 1.54) is 56.6 Å². The Morgan fingerprint density at radius 3 is 2.58 bits per heavy atom. The molecule has 5 atom stereocenters. The number of ketones is 1. The van der Waals surface area contributed by atoms with Gasteiger partial charge in [0, 0.05) is 36.9 Å². The van der Waals surface area contributed by atoms with Crippen LogP contribution in [0.15, 0.2) is 12.1 Å². The van der Waals surface area contributed by atoms with E-state index >= 15 is 0 Å². The SMILES string of the molecule is CC(=O)CN1CC[C@]23c4c5ccc(OC(C)=O)c4O[C@H]2[C@H](N(CC(C)C)C(=O)CCCCC2CCCCC2)CC[C@H]3[C@H]1C5. The fourth-order valence-corrected chi connectivity index (χ4v) is 9.77. The maximum atomic E-state index is 14.1. The first-order chi connectivity index (χ1) is 20.7. The molecule has 2 aliphatic heterocycles. The number of ether oxygens (including phenoxy) is 2. The van der Waals surface area contributed by atoms with E-state index in [4.69, 9.17) is 9.47 Å². The lowest BCUT2D eigenvalue weighted by Crippen LogP contribution is -2.69. The minimum absolute atomic E-state index is 0.0203. The molecule has 3 aliphatic carbocycles. The van der Waals surface area contributed by atoms with Crippen LogP contribution in [0.2, 0.25) is 0 Å². The Morgan fingerprint density at radius 2 is 1.86 bits per heavy atom. The van der Waals surface area contributed by atoms with Gasteiger partial charge in [-0.3, -0.25) is 19.3 Å². The third-order valence-corrected chi connectivity index (χ3v) is 11.3. The number of likely N-dealkylation sites (tertiary alicyclic amines) is 1. The van der Waals surface area contributed by atoms with Crippen molar-refractivity contribution in [1.29, 1.82) is 0 Å². The Labute approximate surface area is 258 Å². The van der Waals surface area contributed by atoms with Gasteiger partial charge in [-0.15, -0.1) is 0 Å². The Kier molecular flexibility index (Phi) is 8.92. The molecule has 5 aliphatic rings. The Hall–Kier alpha value is -2.41. The van der Waals surface area contributed by atoms with E-state index < -0.39 is 0 Å². The molecular weight excluding hydrogens is 540 g/mol. The molecule has 1 aromatic rings. The second-order valence-electron chi connectivity index (χ2n) is 14.7. The summed E-state index contributed by atoms with van der Waals surface area (Å²) in [6, 6.07) is 4.25. The predicted molar refractivity (Wildman–Crippen MR) is 166 cm³/mol. The fraction of sp³-hybridized carbons (Fsp3) is 0.750. The summed E-state index contributed by atoms with van der Waals surface area (Å²) >= 11 is 0. The molecule has 0 unspecified atom stereocenters. The number of carbonyl (C=O) groups is 3. The molecule has 2 bridgehead atoms. The van der Waals surface area contributed by atoms with Crippen LogP contribution in [-0.4, -0.2) is 65.3 Å². The smallest absolute Gasteiger partial charge is 0.308 e. The van der Waals surface area contributed by atoms with Crippen LogP contribution < -0.4 is 9.47 Å². The first-order valence-corrected chi connectivity index (χ1v) is 17.2. The van der Waals surface area contributed by atoms with Gasteiger partial charge >= 0.3 is 5.97 Å². The number of rotatable bonds is 11. The first kappa shape index (κ1) is 30.6. The summed E-state index contributed by atoms with van der Waals surface area (Å²) in [7, 11) is 0. The van der Waals surface area contributed by atoms with Crippen molar-refractivity contribution in [2.45, 2.75) is 135 Å². The summed E-state index contributed by atoms with van der Waals surface area (Å²) < 4.78 is 12.7. The quantitative estimate of drug-likeness (QED) is 0.172. The highest BCUT2D eigenvalue weighted by Crippen LogP contribution is 2.64. The summed E-state index contributed by atoms with van der Waals surface area (Å²) in [5.41, 5.74) is 2.22. The molecule has 43 heavy (non-hydrogen) atoms. The minimum Gasteiger partial charge on any atom is -0.483 e. The van der Waals surface area contributed by atoms with Gasteiger partial charge in [-0.1, -0.05) is 64.9 Å². The molecule has 1 spiro atoms. The molecular formula is C36H52N2O5. The first-order valence-electron chi connectivity index (χ1n) is 17.2. The molecule has 1 saturated heterocycles. The van der Waals surface area contributed by atoms with Crippen molar-refractivity contribution in [3.63, 3.8) is 0 Å². The number of amides is 1. The van der Waals surface area contributed by atoms with Gasteiger partial charge in [-0.05, 0) is 75.0 Å². The largest absolute Gasteiger partial charge is 0.483 e. The van der Waals surface area contributed by atoms with E-state index in [-0.39, 0.29) is 41.3 Å². The zero-order valence-corrected chi connectivity index (χ0v) is 26.9. The Bertz CT molecular complexity index is 1220. The maximum absolute atomic E-state index is 14.1. The lowest BCUT2D eigenvalue weighted by atomic mass is 9.51. The monoisotopic (exact) mass is 592 g/mol. The summed E-state index contributed by atoms with van der Waals surface area (Å²) in [5.74, 6) is 2.89. The number of benzene rings is 1. The molecule has 7 heteroatoms. The van der Waals surface area contributed by atoms with Gasteiger partial charge < -0.3 is 14.4 Å². The molecule has 2 heterocycles. The molecule has 0 N–H and O–H groups in total. The van der Waals surface area contributed by atoms with E-state index in [9.17, 15) is 14.4 Å². The maximum Gasteiger partial charge on any atom is 0.308 e.